The van der Waals surface area contributed by atoms with Crippen LogP contribution in [-0.4, -0.2) is 27.7 Å². The molecule has 0 spiro atoms. The highest BCUT2D eigenvalue weighted by Gasteiger charge is 2.15. The monoisotopic (exact) mass is 294 g/mol. The Bertz CT molecular complexity index is 885. The Labute approximate surface area is 126 Å². The number of amides is 1. The second-order valence-electron chi connectivity index (χ2n) is 5.32. The zero-order valence-electron chi connectivity index (χ0n) is 12.0. The molecule has 2 aromatic heterocycles. The molecule has 6 heteroatoms. The van der Waals surface area contributed by atoms with Crippen molar-refractivity contribution in [3.05, 3.63) is 47.3 Å². The van der Waals surface area contributed by atoms with Crippen LogP contribution in [0.3, 0.4) is 0 Å². The number of hydrogen-bond acceptors (Lipinski definition) is 4. The maximum atomic E-state index is 12.4. The molecule has 0 unspecified atom stereocenters. The number of aryl methyl sites for hydroxylation is 1. The zero-order valence-corrected chi connectivity index (χ0v) is 12.0. The lowest BCUT2D eigenvalue weighted by Crippen LogP contribution is -2.12. The second-order valence-corrected chi connectivity index (χ2v) is 5.32. The highest BCUT2D eigenvalue weighted by molar-refractivity contribution is 6.05. The van der Waals surface area contributed by atoms with Crippen LogP contribution in [0.15, 0.2) is 30.5 Å². The van der Waals surface area contributed by atoms with Crippen LogP contribution in [-0.2, 0) is 6.42 Å². The van der Waals surface area contributed by atoms with E-state index in [4.69, 9.17) is 4.74 Å². The molecule has 0 saturated carbocycles. The van der Waals surface area contributed by atoms with Crippen molar-refractivity contribution in [1.82, 2.24) is 15.2 Å². The number of carbonyl (C=O) groups is 1. The van der Waals surface area contributed by atoms with Crippen LogP contribution in [0.4, 0.5) is 5.69 Å². The largest absolute Gasteiger partial charge is 0.493 e. The molecule has 0 atom stereocenters. The van der Waals surface area contributed by atoms with Crippen molar-refractivity contribution in [3.8, 4) is 5.75 Å². The molecule has 1 aromatic carbocycles. The first-order chi connectivity index (χ1) is 10.7. The van der Waals surface area contributed by atoms with E-state index in [2.05, 4.69) is 20.5 Å². The molecule has 22 heavy (non-hydrogen) atoms. The summed E-state index contributed by atoms with van der Waals surface area (Å²) in [5.41, 5.74) is 3.91. The van der Waals surface area contributed by atoms with Gasteiger partial charge in [-0.3, -0.25) is 9.89 Å². The van der Waals surface area contributed by atoms with Crippen LogP contribution in [0, 0.1) is 6.92 Å². The van der Waals surface area contributed by atoms with E-state index in [-0.39, 0.29) is 5.91 Å². The predicted octanol–water partition coefficient (Wildman–Crippen LogP) is 2.45. The summed E-state index contributed by atoms with van der Waals surface area (Å²) in [6.07, 6.45) is 2.45. The standard InChI is InChI=1S/C16H14N4O2/c1-9-13-7-12(8-17-15(13)20-19-9)18-16(21)11-2-3-14-10(6-11)4-5-22-14/h2-3,6-8H,4-5H2,1H3,(H,18,21)(H,17,19,20). The van der Waals surface area contributed by atoms with Gasteiger partial charge >= 0.3 is 0 Å². The molecule has 0 aliphatic carbocycles. The number of rotatable bonds is 2. The van der Waals surface area contributed by atoms with Gasteiger partial charge in [0.25, 0.3) is 5.91 Å². The quantitative estimate of drug-likeness (QED) is 0.761. The second kappa shape index (κ2) is 4.84. The summed E-state index contributed by atoms with van der Waals surface area (Å²) in [7, 11) is 0. The zero-order chi connectivity index (χ0) is 15.1. The van der Waals surface area contributed by atoms with Crippen molar-refractivity contribution in [1.29, 1.82) is 0 Å². The number of H-pyrrole nitrogens is 1. The predicted molar refractivity (Wildman–Crippen MR) is 82.2 cm³/mol. The number of ether oxygens (including phenoxy) is 1. The molecule has 0 radical (unpaired) electrons. The van der Waals surface area contributed by atoms with Crippen molar-refractivity contribution in [3.63, 3.8) is 0 Å². The SMILES string of the molecule is Cc1[nH]nc2ncc(NC(=O)c3ccc4c(c3)CCO4)cc12. The number of aromatic amines is 1. The van der Waals surface area contributed by atoms with Crippen LogP contribution < -0.4 is 10.1 Å². The van der Waals surface area contributed by atoms with Gasteiger partial charge in [0, 0.05) is 23.1 Å². The molecule has 0 saturated heterocycles. The van der Waals surface area contributed by atoms with Crippen LogP contribution >= 0.6 is 0 Å². The third kappa shape index (κ3) is 2.09. The first-order valence-electron chi connectivity index (χ1n) is 7.08. The maximum Gasteiger partial charge on any atom is 0.255 e. The smallest absolute Gasteiger partial charge is 0.255 e. The van der Waals surface area contributed by atoms with Crippen molar-refractivity contribution in [2.45, 2.75) is 13.3 Å². The molecular formula is C16H14N4O2. The molecule has 0 bridgehead atoms. The van der Waals surface area contributed by atoms with Gasteiger partial charge in [-0.05, 0) is 36.8 Å². The van der Waals surface area contributed by atoms with E-state index in [1.807, 2.05) is 25.1 Å². The number of hydrogen-bond donors (Lipinski definition) is 2. The summed E-state index contributed by atoms with van der Waals surface area (Å²) in [6, 6.07) is 7.37. The molecule has 1 aliphatic rings. The summed E-state index contributed by atoms with van der Waals surface area (Å²) in [6.45, 7) is 2.60. The molecule has 3 heterocycles. The Morgan fingerprint density at radius 2 is 2.27 bits per heavy atom. The molecule has 2 N–H and O–H groups in total. The lowest BCUT2D eigenvalue weighted by molar-refractivity contribution is 0.102. The van der Waals surface area contributed by atoms with Crippen LogP contribution in [0.2, 0.25) is 0 Å². The normalized spacial score (nSPS) is 13.0. The minimum absolute atomic E-state index is 0.156. The first-order valence-corrected chi connectivity index (χ1v) is 7.08. The van der Waals surface area contributed by atoms with Gasteiger partial charge in [0.1, 0.15) is 5.75 Å². The van der Waals surface area contributed by atoms with Gasteiger partial charge in [0.15, 0.2) is 5.65 Å². The Morgan fingerprint density at radius 1 is 1.36 bits per heavy atom. The molecule has 0 fully saturated rings. The lowest BCUT2D eigenvalue weighted by Gasteiger charge is -2.06. The van der Waals surface area contributed by atoms with Crippen molar-refractivity contribution < 1.29 is 9.53 Å². The summed E-state index contributed by atoms with van der Waals surface area (Å²) in [5.74, 6) is 0.714. The third-order valence-corrected chi connectivity index (χ3v) is 3.81. The molecule has 4 rings (SSSR count). The van der Waals surface area contributed by atoms with Crippen molar-refractivity contribution >= 4 is 22.6 Å². The van der Waals surface area contributed by atoms with E-state index < -0.39 is 0 Å². The number of nitrogens with zero attached hydrogens (tertiary/aromatic N) is 2. The topological polar surface area (TPSA) is 79.9 Å². The fraction of sp³-hybridized carbons (Fsp3) is 0.188. The Hall–Kier alpha value is -2.89. The van der Waals surface area contributed by atoms with Gasteiger partial charge in [0.05, 0.1) is 18.5 Å². The molecule has 1 amide bonds. The number of nitrogens with one attached hydrogen (secondary N) is 2. The van der Waals surface area contributed by atoms with Crippen LogP contribution in [0.25, 0.3) is 11.0 Å². The van der Waals surface area contributed by atoms with Gasteiger partial charge < -0.3 is 10.1 Å². The van der Waals surface area contributed by atoms with E-state index in [9.17, 15) is 4.79 Å². The number of benzene rings is 1. The fourth-order valence-corrected chi connectivity index (χ4v) is 2.62. The number of anilines is 1. The van der Waals surface area contributed by atoms with Gasteiger partial charge in [-0.25, -0.2) is 4.98 Å². The van der Waals surface area contributed by atoms with Gasteiger partial charge in [-0.2, -0.15) is 5.10 Å². The fourth-order valence-electron chi connectivity index (χ4n) is 2.62. The van der Waals surface area contributed by atoms with Crippen molar-refractivity contribution in [2.24, 2.45) is 0 Å². The number of carbonyl (C=O) groups excluding carboxylic acids is 1. The Balaban J connectivity index is 1.61. The van der Waals surface area contributed by atoms with E-state index >= 15 is 0 Å². The molecule has 6 nitrogen and oxygen atoms in total. The summed E-state index contributed by atoms with van der Waals surface area (Å²) >= 11 is 0. The van der Waals surface area contributed by atoms with Crippen LogP contribution in [0.1, 0.15) is 21.6 Å². The first kappa shape index (κ1) is 12.8. The van der Waals surface area contributed by atoms with Gasteiger partial charge in [-0.15, -0.1) is 0 Å². The number of fused-ring (bicyclic) bond motifs is 2. The summed E-state index contributed by atoms with van der Waals surface area (Å²) in [4.78, 5) is 16.6. The Kier molecular flexibility index (Phi) is 2.82. The molecule has 110 valence electrons. The summed E-state index contributed by atoms with van der Waals surface area (Å²) in [5, 5.41) is 10.7. The van der Waals surface area contributed by atoms with Crippen molar-refractivity contribution in [2.75, 3.05) is 11.9 Å². The van der Waals surface area contributed by atoms with E-state index in [0.29, 0.717) is 23.5 Å². The van der Waals surface area contributed by atoms with Crippen LogP contribution in [0.5, 0.6) is 5.75 Å². The number of aromatic nitrogens is 3. The average molecular weight is 294 g/mol. The maximum absolute atomic E-state index is 12.4. The minimum atomic E-state index is -0.156. The average Bonchev–Trinajstić information content (AvgIpc) is 3.13. The summed E-state index contributed by atoms with van der Waals surface area (Å²) < 4.78 is 5.45. The van der Waals surface area contributed by atoms with Gasteiger partial charge in [-0.1, -0.05) is 0 Å². The molecule has 1 aliphatic heterocycles. The third-order valence-electron chi connectivity index (χ3n) is 3.81. The van der Waals surface area contributed by atoms with E-state index in [1.54, 1.807) is 12.3 Å². The van der Waals surface area contributed by atoms with E-state index in [1.165, 1.54) is 0 Å². The molecule has 3 aromatic rings. The highest BCUT2D eigenvalue weighted by atomic mass is 16.5. The van der Waals surface area contributed by atoms with E-state index in [0.717, 1.165) is 28.8 Å². The number of pyridine rings is 1. The highest BCUT2D eigenvalue weighted by Crippen LogP contribution is 2.26. The molecular weight excluding hydrogens is 280 g/mol. The Morgan fingerprint density at radius 3 is 3.18 bits per heavy atom. The minimum Gasteiger partial charge on any atom is -0.493 e. The lowest BCUT2D eigenvalue weighted by atomic mass is 10.1. The van der Waals surface area contributed by atoms with Gasteiger partial charge in [0.2, 0.25) is 0 Å².